The Morgan fingerprint density at radius 2 is 0.784 bits per heavy atom. The van der Waals surface area contributed by atoms with Crippen LogP contribution in [0.2, 0.25) is 4.47 Å². The summed E-state index contributed by atoms with van der Waals surface area (Å²) >= 11 is 6.87. The minimum atomic E-state index is -4.66. The van der Waals surface area contributed by atoms with E-state index >= 15 is 0 Å². The molecule has 692 valence electrons. The number of aliphatic carboxylic acids is 1. The van der Waals surface area contributed by atoms with E-state index in [2.05, 4.69) is 107 Å². The van der Waals surface area contributed by atoms with Gasteiger partial charge < -0.3 is 80.0 Å². The van der Waals surface area contributed by atoms with Crippen LogP contribution in [-0.2, 0) is 56.6 Å². The summed E-state index contributed by atoms with van der Waals surface area (Å²) in [6.07, 6.45) is -10.3. The van der Waals surface area contributed by atoms with Crippen molar-refractivity contribution in [2.24, 2.45) is 17.8 Å². The Morgan fingerprint density at radius 1 is 0.504 bits per heavy atom. The molecule has 125 heavy (non-hydrogen) atoms. The first-order valence-electron chi connectivity index (χ1n) is 40.5. The Kier molecular flexibility index (Phi) is 46.1. The molecule has 0 unspecified atom stereocenters. The van der Waals surface area contributed by atoms with Crippen molar-refractivity contribution in [3.63, 3.8) is 0 Å². The van der Waals surface area contributed by atoms with E-state index in [-0.39, 0.29) is 153 Å². The molecule has 0 radical (unpaired) electrons. The van der Waals surface area contributed by atoms with Gasteiger partial charge in [0.25, 0.3) is 0 Å². The third-order valence-electron chi connectivity index (χ3n) is 19.3. The molecule has 6 N–H and O–H groups in total. The monoisotopic (exact) mass is 1860 g/mol. The fourth-order valence-electron chi connectivity index (χ4n) is 13.6. The van der Waals surface area contributed by atoms with Crippen LogP contribution in [0.3, 0.4) is 0 Å². The van der Waals surface area contributed by atoms with Crippen LogP contribution in [0, 0.1) is 29.1 Å². The molecule has 3 saturated heterocycles. The molecule has 29 nitrogen and oxygen atoms in total. The number of nitriles is 1. The summed E-state index contributed by atoms with van der Waals surface area (Å²) in [6.45, 7) is 36.6. The van der Waals surface area contributed by atoms with Crippen molar-refractivity contribution in [2.45, 2.75) is 241 Å². The Hall–Kier alpha value is -8.53. The minimum absolute atomic E-state index is 0. The van der Waals surface area contributed by atoms with E-state index in [1.807, 2.05) is 77.9 Å². The first-order valence-corrected chi connectivity index (χ1v) is 43.2. The predicted molar refractivity (Wildman–Crippen MR) is 459 cm³/mol. The van der Waals surface area contributed by atoms with E-state index in [4.69, 9.17) is 46.3 Å². The van der Waals surface area contributed by atoms with Crippen molar-refractivity contribution < 1.29 is 132 Å². The number of alkyl halides is 9. The van der Waals surface area contributed by atoms with Crippen LogP contribution in [0.15, 0.2) is 54.6 Å². The van der Waals surface area contributed by atoms with Gasteiger partial charge in [-0.15, -0.1) is 0 Å². The summed E-state index contributed by atoms with van der Waals surface area (Å²) in [5, 5.41) is 22.7. The number of anilines is 8. The zero-order valence-electron chi connectivity index (χ0n) is 74.1. The van der Waals surface area contributed by atoms with Crippen molar-refractivity contribution in [3.8, 4) is 6.07 Å². The number of methoxy groups -OCH3 is 2. The number of nitrogens with two attached hydrogens (primary N) is 1. The van der Waals surface area contributed by atoms with Gasteiger partial charge in [0.15, 0.2) is 0 Å². The van der Waals surface area contributed by atoms with Crippen LogP contribution in [0.4, 0.5) is 98.3 Å². The maximum atomic E-state index is 13.2. The molecule has 6 aromatic rings. The van der Waals surface area contributed by atoms with Crippen molar-refractivity contribution in [1.82, 2.24) is 42.8 Å². The third kappa shape index (κ3) is 36.6. The number of carbonyl (C=O) groups excluding carboxylic acids is 5. The number of carboxylic acids is 1. The number of likely N-dealkylation sites (tertiary alicyclic amines) is 3. The van der Waals surface area contributed by atoms with Crippen LogP contribution in [0.5, 0.6) is 0 Å². The quantitative estimate of drug-likeness (QED) is 0.0116. The smallest absolute Gasteiger partial charge is 0.870 e. The molecule has 3 atom stereocenters. The van der Waals surface area contributed by atoms with E-state index in [1.54, 1.807) is 47.6 Å². The minimum Gasteiger partial charge on any atom is -0.870 e. The van der Waals surface area contributed by atoms with Crippen LogP contribution >= 0.6 is 46.2 Å². The van der Waals surface area contributed by atoms with Gasteiger partial charge in [-0.1, -0.05) is 80.5 Å². The fourth-order valence-corrected chi connectivity index (χ4v) is 15.4. The zero-order valence-corrected chi connectivity index (χ0v) is 79.3. The van der Waals surface area contributed by atoms with Crippen molar-refractivity contribution >= 4 is 127 Å². The molecule has 9 rings (SSSR count). The molecular formula is C82H117ClF9N16NaO13S3. The number of hydrogen-bond acceptors (Lipinski definition) is 28. The number of hydrogen-bond donors (Lipinski definition) is 4. The first-order chi connectivity index (χ1) is 57.5. The normalized spacial score (nSPS) is 14.7. The molecule has 3 aliphatic heterocycles. The summed E-state index contributed by atoms with van der Waals surface area (Å²) in [5.41, 5.74) is 13.5. The molecule has 0 bridgehead atoms. The van der Waals surface area contributed by atoms with E-state index in [0.29, 0.717) is 142 Å². The van der Waals surface area contributed by atoms with Gasteiger partial charge in [0, 0.05) is 107 Å². The second-order valence-corrected chi connectivity index (χ2v) is 34.8. The van der Waals surface area contributed by atoms with Gasteiger partial charge in [0.2, 0.25) is 32.2 Å². The van der Waals surface area contributed by atoms with Gasteiger partial charge in [0.05, 0.1) is 92.0 Å². The van der Waals surface area contributed by atoms with E-state index < -0.39 is 42.0 Å². The topological polar surface area (TPSA) is 369 Å². The molecule has 0 aliphatic carbocycles. The van der Waals surface area contributed by atoms with Crippen molar-refractivity contribution in [1.29, 1.82) is 5.26 Å². The van der Waals surface area contributed by atoms with E-state index in [0.717, 1.165) is 58.8 Å². The number of nitrogens with one attached hydrogen (secondary N) is 2. The van der Waals surface area contributed by atoms with E-state index in [9.17, 15) is 73.4 Å². The largest absolute Gasteiger partial charge is 1.00 e. The van der Waals surface area contributed by atoms with Crippen LogP contribution in [-0.4, -0.2) is 199 Å². The molecule has 3 aromatic heterocycles. The molecule has 3 fully saturated rings. The summed E-state index contributed by atoms with van der Waals surface area (Å²) in [7, 11) is 2.74. The van der Waals surface area contributed by atoms with Gasteiger partial charge in [-0.2, -0.15) is 72.8 Å². The number of aromatic nitrogens is 6. The Labute approximate surface area is 764 Å². The number of halogens is 10. The molecule has 3 aliphatic rings. The summed E-state index contributed by atoms with van der Waals surface area (Å²) in [4.78, 5) is 94.1. The molecule has 43 heteroatoms. The number of nitrogens with zero attached hydrogens (tertiary/aromatic N) is 13. The number of amides is 3. The predicted octanol–water partition coefficient (Wildman–Crippen LogP) is 16.8. The number of carbonyl (C=O) groups is 6. The number of ether oxygens (including phenoxy) is 5. The second-order valence-electron chi connectivity index (χ2n) is 32.0. The maximum absolute atomic E-state index is 13.2. The standard InChI is InChI=1S/C27H38F3N5O4S.C26H36F3N5O4S.C24H39N3O4.C3ClF3N2S.C2H3N.Na.H2O/c1-16(2)15-35(20-9-11-34(12-10-20)26(37)39-17(3)4)22-8-7-19(18(5)13-23(36)38-6)14-21(22)31-25-32-24(33-40-25)27(28,29)30;1-15(2)14-34(19-8-10-33(11-9-19)25(37)38-16(3)4)21-7-6-18(17(5)12-22(35)36)13-20(21)30-24-31-23(32-39-24)26(27,28)29;1-16(2)15-27(20-9-11-26(12-10-20)24(29)31-17(3)4)22-8-7-19(14-21(22)25)18(5)13-23(28)30-6;4-2-8-1(9-10-2)3(5,6)7;1-2-3;;/h7-8,14,16-18,20H,9-13,15H2,1-6H3,(H,31,32,33);6-7,13,15-17,19H,8-12,14H2,1-5H3,(H,35,36)(H,30,31,32);7-8,14,16-18,20H,9-13,15,25H2,1-6H3;;1H3;;1H2/q;;;;;+1;/p-1/t18-;17-;18-;;;;/m111..../s1. The Bertz CT molecular complexity index is 4380. The average Bonchev–Trinajstić information content (AvgIpc) is 1.57. The van der Waals surface area contributed by atoms with Gasteiger partial charge >= 0.3 is 84.3 Å². The number of nitrogen functional groups attached to an aromatic ring is 1. The zero-order chi connectivity index (χ0) is 92.1. The van der Waals surface area contributed by atoms with Crippen LogP contribution in [0.25, 0.3) is 0 Å². The van der Waals surface area contributed by atoms with Gasteiger partial charge in [-0.3, -0.25) is 14.4 Å². The molecular weight excluding hydrogens is 1740 g/mol. The number of carboxylic acid groups (broad SMARTS) is 1. The Morgan fingerprint density at radius 3 is 1.03 bits per heavy atom. The SMILES string of the molecule is CC#N.CC(C)CN(c1ccc([C@H](C)CC(=O)O)cc1Nc1nc(C(F)(F)F)ns1)C1CCN(C(=O)OC(C)C)CC1.COC(=O)C[C@@H](C)c1ccc(N(CC(C)C)C2CCN(C(=O)OC(C)C)CC2)c(N)c1.COC(=O)C[C@@H](C)c1ccc(N(CC(C)C)C2CCN(C(=O)OC(C)C)CC2)c(Nc2nc(C(F)(F)F)ns2)c1.FC(F)(F)c1nsc(Cl)n1.[Na+].[OH-]. The third-order valence-corrected chi connectivity index (χ3v) is 21.4. The van der Waals surface area contributed by atoms with Crippen molar-refractivity contribution in [2.75, 3.05) is 104 Å². The fraction of sp³-hybridized carbons (Fsp3) is 0.622. The summed E-state index contributed by atoms with van der Waals surface area (Å²) in [6, 6.07) is 19.5. The van der Waals surface area contributed by atoms with Crippen LogP contribution in [0.1, 0.15) is 220 Å². The molecule has 3 amide bonds. The molecule has 6 heterocycles. The van der Waals surface area contributed by atoms with Gasteiger partial charge in [-0.25, -0.2) is 14.4 Å². The summed E-state index contributed by atoms with van der Waals surface area (Å²) < 4.78 is 149. The summed E-state index contributed by atoms with van der Waals surface area (Å²) in [5.74, 6) is -4.54. The number of esters is 2. The van der Waals surface area contributed by atoms with Crippen molar-refractivity contribution in [3.05, 3.63) is 93.2 Å². The van der Waals surface area contributed by atoms with Gasteiger partial charge in [0.1, 0.15) is 0 Å². The number of benzene rings is 3. The maximum Gasteiger partial charge on any atom is 1.00 e. The molecule has 3 aromatic carbocycles. The van der Waals surface area contributed by atoms with Crippen LogP contribution < -0.4 is 60.6 Å². The Balaban J connectivity index is 0.000000449. The second kappa shape index (κ2) is 52.1. The molecule has 0 saturated carbocycles. The number of piperidine rings is 3. The first kappa shape index (κ1) is 111. The average molecular weight is 1860 g/mol. The number of rotatable bonds is 28. The van der Waals surface area contributed by atoms with E-state index in [1.165, 1.54) is 21.1 Å². The molecule has 0 spiro atoms. The van der Waals surface area contributed by atoms with Gasteiger partial charge in [-0.05, 0) is 192 Å².